The molecule has 1 aliphatic heterocycles. The molecule has 1 fully saturated rings. The summed E-state index contributed by atoms with van der Waals surface area (Å²) < 4.78 is 12.9. The molecule has 1 spiro atoms. The standard InChI is InChI=1S/C24H33NO4/c1-5-6-9-23-19-15-7-8-17(27)20(19)29-21(23)24(28-4)11-10-22(23,18(12-15)25-3)13-16(24)14(2)26/h7-8,10-11,14,16,18,21,25-27H,5-6,9,12-13H2,1-4H3/t14?,16-,18?,21?,22?,23+,24?/m1/s1. The first-order chi connectivity index (χ1) is 13.9. The first-order valence-electron chi connectivity index (χ1n) is 11.0. The van der Waals surface area contributed by atoms with Crippen molar-refractivity contribution in [1.29, 1.82) is 0 Å². The Morgan fingerprint density at radius 2 is 2.14 bits per heavy atom. The lowest BCUT2D eigenvalue weighted by Crippen LogP contribution is -2.77. The van der Waals surface area contributed by atoms with Crippen molar-refractivity contribution in [3.8, 4) is 11.5 Å². The van der Waals surface area contributed by atoms with Crippen LogP contribution in [0.25, 0.3) is 0 Å². The molecule has 7 atom stereocenters. The van der Waals surface area contributed by atoms with Gasteiger partial charge in [0.05, 0.1) is 11.5 Å². The molecule has 158 valence electrons. The van der Waals surface area contributed by atoms with E-state index in [0.29, 0.717) is 5.75 Å². The Balaban J connectivity index is 1.85. The molecule has 5 aliphatic rings. The topological polar surface area (TPSA) is 71.0 Å². The van der Waals surface area contributed by atoms with E-state index >= 15 is 0 Å². The van der Waals surface area contributed by atoms with Gasteiger partial charge in [-0.1, -0.05) is 38.0 Å². The highest BCUT2D eigenvalue weighted by molar-refractivity contribution is 5.64. The second kappa shape index (κ2) is 6.22. The largest absolute Gasteiger partial charge is 0.504 e. The number of unbranched alkanes of at least 4 members (excludes halogenated alkanes) is 1. The van der Waals surface area contributed by atoms with Crippen LogP contribution in [0, 0.1) is 11.3 Å². The van der Waals surface area contributed by atoms with Crippen molar-refractivity contribution in [2.45, 2.75) is 75.2 Å². The summed E-state index contributed by atoms with van der Waals surface area (Å²) in [5, 5.41) is 25.2. The molecule has 0 radical (unpaired) electrons. The number of methoxy groups -OCH3 is 1. The van der Waals surface area contributed by atoms with Crippen molar-refractivity contribution in [2.24, 2.45) is 11.3 Å². The number of ether oxygens (including phenoxy) is 2. The van der Waals surface area contributed by atoms with Crippen molar-refractivity contribution in [1.82, 2.24) is 5.32 Å². The van der Waals surface area contributed by atoms with Gasteiger partial charge in [0.25, 0.3) is 0 Å². The molecule has 1 aromatic rings. The van der Waals surface area contributed by atoms with Gasteiger partial charge in [-0.05, 0) is 44.9 Å². The Labute approximate surface area is 173 Å². The number of phenols is 1. The number of nitrogens with one attached hydrogen (secondary N) is 1. The van der Waals surface area contributed by atoms with Crippen molar-refractivity contribution in [3.05, 3.63) is 35.4 Å². The van der Waals surface area contributed by atoms with Crippen molar-refractivity contribution in [2.75, 3.05) is 14.2 Å². The van der Waals surface area contributed by atoms with Gasteiger partial charge >= 0.3 is 0 Å². The molecular weight excluding hydrogens is 366 g/mol. The molecule has 0 amide bonds. The maximum absolute atomic E-state index is 10.8. The summed E-state index contributed by atoms with van der Waals surface area (Å²) in [5.74, 6) is 0.788. The van der Waals surface area contributed by atoms with E-state index in [9.17, 15) is 10.2 Å². The summed E-state index contributed by atoms with van der Waals surface area (Å²) in [6.07, 6.45) is 8.66. The summed E-state index contributed by atoms with van der Waals surface area (Å²) >= 11 is 0. The maximum Gasteiger partial charge on any atom is 0.165 e. The van der Waals surface area contributed by atoms with Crippen molar-refractivity contribution in [3.63, 3.8) is 0 Å². The minimum Gasteiger partial charge on any atom is -0.504 e. The number of aliphatic hydroxyl groups excluding tert-OH is 1. The van der Waals surface area contributed by atoms with Gasteiger partial charge < -0.3 is 25.0 Å². The van der Waals surface area contributed by atoms with Crippen LogP contribution < -0.4 is 10.1 Å². The normalized spacial score (nSPS) is 41.9. The molecule has 1 saturated carbocycles. The van der Waals surface area contributed by atoms with E-state index in [1.54, 1.807) is 13.2 Å². The lowest BCUT2D eigenvalue weighted by molar-refractivity contribution is -0.211. The molecule has 1 heterocycles. The minimum absolute atomic E-state index is 0.0638. The lowest BCUT2D eigenvalue weighted by Gasteiger charge is -2.68. The van der Waals surface area contributed by atoms with Crippen LogP contribution >= 0.6 is 0 Å². The van der Waals surface area contributed by atoms with Crippen LogP contribution in [-0.2, 0) is 16.6 Å². The van der Waals surface area contributed by atoms with Gasteiger partial charge in [-0.3, -0.25) is 0 Å². The molecule has 5 nitrogen and oxygen atoms in total. The third kappa shape index (κ3) is 2.02. The first kappa shape index (κ1) is 19.4. The predicted octanol–water partition coefficient (Wildman–Crippen LogP) is 3.07. The molecular formula is C24H33NO4. The third-order valence-electron chi connectivity index (χ3n) is 8.63. The van der Waals surface area contributed by atoms with Crippen molar-refractivity contribution >= 4 is 0 Å². The summed E-state index contributed by atoms with van der Waals surface area (Å²) in [6.45, 7) is 4.09. The van der Waals surface area contributed by atoms with E-state index < -0.39 is 11.7 Å². The van der Waals surface area contributed by atoms with Crippen LogP contribution in [-0.4, -0.2) is 48.2 Å². The molecule has 2 bridgehead atoms. The van der Waals surface area contributed by atoms with Gasteiger partial charge in [0.15, 0.2) is 11.5 Å². The lowest BCUT2D eigenvalue weighted by atomic mass is 9.38. The SMILES string of the molecule is CCCC[C@]12c3c4ccc(O)c3OC1C1(OC)C=CC2(C[C@@H]1C(C)O)C(NC)C4. The molecule has 6 rings (SSSR count). The molecule has 4 aliphatic carbocycles. The van der Waals surface area contributed by atoms with E-state index in [4.69, 9.17) is 9.47 Å². The van der Waals surface area contributed by atoms with Gasteiger partial charge in [0.1, 0.15) is 11.7 Å². The Morgan fingerprint density at radius 1 is 1.34 bits per heavy atom. The second-order valence-corrected chi connectivity index (χ2v) is 9.55. The average Bonchev–Trinajstić information content (AvgIpc) is 3.11. The third-order valence-corrected chi connectivity index (χ3v) is 8.63. The van der Waals surface area contributed by atoms with Crippen LogP contribution in [0.2, 0.25) is 0 Å². The fourth-order valence-electron chi connectivity index (χ4n) is 7.45. The van der Waals surface area contributed by atoms with Crippen LogP contribution in [0.5, 0.6) is 11.5 Å². The highest BCUT2D eigenvalue weighted by atomic mass is 16.6. The van der Waals surface area contributed by atoms with E-state index in [1.807, 2.05) is 14.0 Å². The summed E-state index contributed by atoms with van der Waals surface area (Å²) in [5.41, 5.74) is 1.30. The fraction of sp³-hybridized carbons (Fsp3) is 0.667. The van der Waals surface area contributed by atoms with E-state index in [1.165, 1.54) is 11.1 Å². The van der Waals surface area contributed by atoms with E-state index in [0.717, 1.165) is 32.1 Å². The highest BCUT2D eigenvalue weighted by Gasteiger charge is 2.77. The number of fused-ring (bicyclic) bond motifs is 1. The molecule has 1 aromatic carbocycles. The van der Waals surface area contributed by atoms with Crippen LogP contribution in [0.3, 0.4) is 0 Å². The second-order valence-electron chi connectivity index (χ2n) is 9.55. The fourth-order valence-corrected chi connectivity index (χ4v) is 7.45. The minimum atomic E-state index is -0.706. The number of phenolic OH excluding ortho intramolecular Hbond substituents is 1. The molecule has 0 aromatic heterocycles. The van der Waals surface area contributed by atoms with E-state index in [-0.39, 0.29) is 34.6 Å². The van der Waals surface area contributed by atoms with Crippen LogP contribution in [0.15, 0.2) is 24.3 Å². The highest BCUT2D eigenvalue weighted by Crippen LogP contribution is 2.73. The van der Waals surface area contributed by atoms with Gasteiger partial charge in [-0.15, -0.1) is 0 Å². The van der Waals surface area contributed by atoms with E-state index in [2.05, 4.69) is 30.5 Å². The monoisotopic (exact) mass is 399 g/mol. The number of rotatable bonds is 6. The number of hydrogen-bond donors (Lipinski definition) is 3. The van der Waals surface area contributed by atoms with Crippen molar-refractivity contribution < 1.29 is 19.7 Å². The number of aromatic hydroxyl groups is 1. The zero-order valence-electron chi connectivity index (χ0n) is 17.9. The molecule has 0 saturated heterocycles. The van der Waals surface area contributed by atoms with Gasteiger partial charge in [0.2, 0.25) is 0 Å². The number of benzene rings is 1. The Hall–Kier alpha value is -1.56. The smallest absolute Gasteiger partial charge is 0.165 e. The number of aliphatic hydroxyl groups is 1. The number of likely N-dealkylation sites (N-methyl/N-ethyl adjacent to an activating group) is 1. The summed E-state index contributed by atoms with van der Waals surface area (Å²) in [6, 6.07) is 4.08. The number of hydrogen-bond acceptors (Lipinski definition) is 5. The summed E-state index contributed by atoms with van der Waals surface area (Å²) in [7, 11) is 3.78. The zero-order chi connectivity index (χ0) is 20.6. The molecule has 5 unspecified atom stereocenters. The van der Waals surface area contributed by atoms with Crippen LogP contribution in [0.1, 0.15) is 50.7 Å². The zero-order valence-corrected chi connectivity index (χ0v) is 17.9. The molecule has 5 heteroatoms. The predicted molar refractivity (Wildman–Crippen MR) is 111 cm³/mol. The Bertz CT molecular complexity index is 867. The van der Waals surface area contributed by atoms with Gasteiger partial charge in [-0.2, -0.15) is 0 Å². The van der Waals surface area contributed by atoms with Gasteiger partial charge in [-0.25, -0.2) is 0 Å². The Morgan fingerprint density at radius 3 is 2.79 bits per heavy atom. The van der Waals surface area contributed by atoms with Crippen LogP contribution in [0.4, 0.5) is 0 Å². The first-order valence-corrected chi connectivity index (χ1v) is 11.0. The Kier molecular flexibility index (Phi) is 4.16. The average molecular weight is 400 g/mol. The molecule has 3 N–H and O–H groups in total. The summed E-state index contributed by atoms with van der Waals surface area (Å²) in [4.78, 5) is 0. The molecule has 29 heavy (non-hydrogen) atoms. The quantitative estimate of drug-likeness (QED) is 0.642. The van der Waals surface area contributed by atoms with Gasteiger partial charge in [0, 0.05) is 30.0 Å². The maximum atomic E-state index is 10.8.